The summed E-state index contributed by atoms with van der Waals surface area (Å²) in [7, 11) is 0. The fourth-order valence-corrected chi connectivity index (χ4v) is 3.73. The van der Waals surface area contributed by atoms with Gasteiger partial charge in [0.25, 0.3) is 5.56 Å². The minimum atomic E-state index is -0.685. The molecule has 0 fully saturated rings. The Kier molecular flexibility index (Phi) is 6.38. The van der Waals surface area contributed by atoms with E-state index in [2.05, 4.69) is 10.4 Å². The van der Waals surface area contributed by atoms with Gasteiger partial charge < -0.3 is 10.1 Å². The molecular weight excluding hydrogens is 397 g/mol. The van der Waals surface area contributed by atoms with Gasteiger partial charge in [0.2, 0.25) is 5.91 Å². The maximum Gasteiger partial charge on any atom is 0.359 e. The summed E-state index contributed by atoms with van der Waals surface area (Å²) >= 11 is 1.14. The number of esters is 1. The molecule has 1 amide bonds. The van der Waals surface area contributed by atoms with Crippen molar-refractivity contribution in [3.63, 3.8) is 0 Å². The van der Waals surface area contributed by atoms with Crippen molar-refractivity contribution >= 4 is 39.0 Å². The van der Waals surface area contributed by atoms with Crippen LogP contribution in [0.3, 0.4) is 0 Å². The third-order valence-corrected chi connectivity index (χ3v) is 5.10. The van der Waals surface area contributed by atoms with Crippen molar-refractivity contribution in [3.05, 3.63) is 51.5 Å². The molecule has 0 aliphatic heterocycles. The van der Waals surface area contributed by atoms with Crippen LogP contribution in [0.2, 0.25) is 0 Å². The zero-order chi connectivity index (χ0) is 21.0. The van der Waals surface area contributed by atoms with Gasteiger partial charge >= 0.3 is 5.97 Å². The molecule has 29 heavy (non-hydrogen) atoms. The molecule has 152 valence electrons. The first kappa shape index (κ1) is 20.7. The lowest BCUT2D eigenvalue weighted by Gasteiger charge is -2.10. The topological polar surface area (TPSA) is 90.3 Å². The summed E-state index contributed by atoms with van der Waals surface area (Å²) in [4.78, 5) is 37.7. The zero-order valence-corrected chi connectivity index (χ0v) is 16.8. The third-order valence-electron chi connectivity index (χ3n) is 4.20. The summed E-state index contributed by atoms with van der Waals surface area (Å²) in [6, 6.07) is 5.16. The summed E-state index contributed by atoms with van der Waals surface area (Å²) in [6.45, 7) is 3.78. The van der Waals surface area contributed by atoms with Crippen LogP contribution in [-0.2, 0) is 9.53 Å². The first-order chi connectivity index (χ1) is 14.0. The van der Waals surface area contributed by atoms with E-state index in [4.69, 9.17) is 4.74 Å². The van der Waals surface area contributed by atoms with E-state index in [1.807, 2.05) is 6.92 Å². The van der Waals surface area contributed by atoms with Gasteiger partial charge in [-0.15, -0.1) is 11.3 Å². The molecule has 0 saturated heterocycles. The number of amides is 1. The molecule has 0 aliphatic carbocycles. The quantitative estimate of drug-likeness (QED) is 0.589. The summed E-state index contributed by atoms with van der Waals surface area (Å²) in [5.41, 5.74) is -0.277. The molecule has 1 N–H and O–H groups in total. The Morgan fingerprint density at radius 2 is 1.97 bits per heavy atom. The normalized spacial score (nSPS) is 10.9. The van der Waals surface area contributed by atoms with Crippen LogP contribution in [0.25, 0.3) is 16.5 Å². The summed E-state index contributed by atoms with van der Waals surface area (Å²) in [5.74, 6) is -1.36. The number of hydrogen-bond donors (Lipinski definition) is 1. The molecule has 1 aromatic carbocycles. The van der Waals surface area contributed by atoms with E-state index in [-0.39, 0.29) is 23.6 Å². The van der Waals surface area contributed by atoms with Gasteiger partial charge in [-0.2, -0.15) is 9.78 Å². The molecule has 0 aliphatic rings. The fourth-order valence-electron chi connectivity index (χ4n) is 2.78. The predicted octanol–water partition coefficient (Wildman–Crippen LogP) is 3.89. The average Bonchev–Trinajstić information content (AvgIpc) is 3.12. The summed E-state index contributed by atoms with van der Waals surface area (Å²) in [5, 5.41) is 9.33. The highest BCUT2D eigenvalue weighted by molar-refractivity contribution is 7.16. The Morgan fingerprint density at radius 3 is 2.62 bits per heavy atom. The molecular formula is C20H20FN3O4S. The van der Waals surface area contributed by atoms with Crippen LogP contribution in [0.1, 0.15) is 43.6 Å². The number of ether oxygens (including phenoxy) is 1. The number of anilines is 1. The first-order valence-electron chi connectivity index (χ1n) is 9.23. The minimum absolute atomic E-state index is 0.0453. The molecule has 0 atom stereocenters. The summed E-state index contributed by atoms with van der Waals surface area (Å²) in [6.07, 6.45) is 1.93. The van der Waals surface area contributed by atoms with Crippen molar-refractivity contribution in [2.24, 2.45) is 0 Å². The molecule has 9 heteroatoms. The molecule has 0 radical (unpaired) electrons. The maximum atomic E-state index is 13.3. The van der Waals surface area contributed by atoms with Gasteiger partial charge in [-0.05, 0) is 37.6 Å². The van der Waals surface area contributed by atoms with Crippen molar-refractivity contribution in [3.8, 4) is 5.69 Å². The molecule has 2 heterocycles. The molecule has 0 unspecified atom stereocenters. The van der Waals surface area contributed by atoms with Crippen LogP contribution < -0.4 is 10.9 Å². The standard InChI is InChI=1S/C20H20FN3O4S/c1-3-5-6-15(25)22-18-16-14(11-29-18)17(20(27)28-4-2)23-24(19(16)26)13-9-7-12(21)8-10-13/h7-11H,3-6H2,1-2H3,(H,22,25). The van der Waals surface area contributed by atoms with Crippen molar-refractivity contribution in [2.45, 2.75) is 33.1 Å². The van der Waals surface area contributed by atoms with Crippen molar-refractivity contribution in [1.82, 2.24) is 9.78 Å². The fraction of sp³-hybridized carbons (Fsp3) is 0.300. The number of carbonyl (C=O) groups is 2. The number of nitrogens with one attached hydrogen (secondary N) is 1. The van der Waals surface area contributed by atoms with Gasteiger partial charge in [-0.1, -0.05) is 13.3 Å². The number of carbonyl (C=O) groups excluding carboxylic acids is 2. The highest BCUT2D eigenvalue weighted by Crippen LogP contribution is 2.30. The molecule has 0 spiro atoms. The lowest BCUT2D eigenvalue weighted by Crippen LogP contribution is -2.25. The second-order valence-electron chi connectivity index (χ2n) is 6.27. The molecule has 7 nitrogen and oxygen atoms in total. The van der Waals surface area contributed by atoms with Crippen LogP contribution >= 0.6 is 11.3 Å². The van der Waals surface area contributed by atoms with E-state index in [9.17, 15) is 18.8 Å². The van der Waals surface area contributed by atoms with Crippen LogP contribution in [0.4, 0.5) is 9.39 Å². The van der Waals surface area contributed by atoms with E-state index >= 15 is 0 Å². The zero-order valence-electron chi connectivity index (χ0n) is 16.0. The van der Waals surface area contributed by atoms with Gasteiger partial charge in [-0.3, -0.25) is 9.59 Å². The number of rotatable bonds is 7. The molecule has 2 aromatic heterocycles. The average molecular weight is 417 g/mol. The Hall–Kier alpha value is -3.07. The van der Waals surface area contributed by atoms with Crippen LogP contribution in [-0.4, -0.2) is 28.3 Å². The number of thiophene rings is 1. The van der Waals surface area contributed by atoms with E-state index in [0.29, 0.717) is 22.5 Å². The molecule has 3 aromatic rings. The maximum absolute atomic E-state index is 13.3. The van der Waals surface area contributed by atoms with E-state index < -0.39 is 17.3 Å². The van der Waals surface area contributed by atoms with E-state index in [1.54, 1.807) is 12.3 Å². The third kappa shape index (κ3) is 4.34. The lowest BCUT2D eigenvalue weighted by atomic mass is 10.2. The SMILES string of the molecule is CCCCC(=O)Nc1scc2c(C(=O)OCC)nn(-c3ccc(F)cc3)c(=O)c12. The number of hydrogen-bond acceptors (Lipinski definition) is 6. The van der Waals surface area contributed by atoms with Crippen LogP contribution in [0.15, 0.2) is 34.4 Å². The Labute approximate surface area is 170 Å². The number of aromatic nitrogens is 2. The Bertz CT molecular complexity index is 1110. The lowest BCUT2D eigenvalue weighted by molar-refractivity contribution is -0.116. The van der Waals surface area contributed by atoms with Gasteiger partial charge in [0.05, 0.1) is 17.7 Å². The molecule has 3 rings (SSSR count). The second kappa shape index (κ2) is 8.95. The van der Waals surface area contributed by atoms with Gasteiger partial charge in [0.15, 0.2) is 5.69 Å². The van der Waals surface area contributed by atoms with Crippen molar-refractivity contribution in [2.75, 3.05) is 11.9 Å². The minimum Gasteiger partial charge on any atom is -0.461 e. The largest absolute Gasteiger partial charge is 0.461 e. The van der Waals surface area contributed by atoms with Crippen molar-refractivity contribution < 1.29 is 18.7 Å². The highest BCUT2D eigenvalue weighted by atomic mass is 32.1. The monoisotopic (exact) mass is 417 g/mol. The first-order valence-corrected chi connectivity index (χ1v) is 10.1. The highest BCUT2D eigenvalue weighted by Gasteiger charge is 2.23. The predicted molar refractivity (Wildman–Crippen MR) is 109 cm³/mol. The number of halogens is 1. The summed E-state index contributed by atoms with van der Waals surface area (Å²) < 4.78 is 19.4. The van der Waals surface area contributed by atoms with E-state index in [1.165, 1.54) is 24.3 Å². The second-order valence-corrected chi connectivity index (χ2v) is 7.15. The Morgan fingerprint density at radius 1 is 1.24 bits per heavy atom. The van der Waals surface area contributed by atoms with Gasteiger partial charge in [0, 0.05) is 17.2 Å². The smallest absolute Gasteiger partial charge is 0.359 e. The van der Waals surface area contributed by atoms with Gasteiger partial charge in [0.1, 0.15) is 10.8 Å². The van der Waals surface area contributed by atoms with E-state index in [0.717, 1.165) is 28.9 Å². The van der Waals surface area contributed by atoms with Crippen LogP contribution in [0, 0.1) is 5.82 Å². The molecule has 0 bridgehead atoms. The molecule has 0 saturated carbocycles. The van der Waals surface area contributed by atoms with Crippen molar-refractivity contribution in [1.29, 1.82) is 0 Å². The number of unbranched alkanes of at least 4 members (excludes halogenated alkanes) is 1. The Balaban J connectivity index is 2.18. The number of benzene rings is 1. The van der Waals surface area contributed by atoms with Gasteiger partial charge in [-0.25, -0.2) is 9.18 Å². The number of nitrogens with zero attached hydrogens (tertiary/aromatic N) is 2. The van der Waals surface area contributed by atoms with Crippen LogP contribution in [0.5, 0.6) is 0 Å². The number of fused-ring (bicyclic) bond motifs is 1.